The molecule has 1 aromatic heterocycles. The summed E-state index contributed by atoms with van der Waals surface area (Å²) < 4.78 is 4.80. The standard InChI is InChI=1S/C9H11N3O4/c1-6(2)16-9(13)11-7-3-4-10-5-8(7)12(14)15/h3-6H,1-2H3,(H,10,11,13). The van der Waals surface area contributed by atoms with Crippen molar-refractivity contribution in [2.75, 3.05) is 5.32 Å². The Morgan fingerprint density at radius 3 is 2.88 bits per heavy atom. The molecule has 0 atom stereocenters. The number of rotatable bonds is 3. The molecule has 0 aliphatic heterocycles. The molecular formula is C9H11N3O4. The van der Waals surface area contributed by atoms with Crippen molar-refractivity contribution in [1.29, 1.82) is 0 Å². The number of hydrogen-bond acceptors (Lipinski definition) is 5. The van der Waals surface area contributed by atoms with E-state index in [-0.39, 0.29) is 17.5 Å². The van der Waals surface area contributed by atoms with Crippen molar-refractivity contribution in [2.24, 2.45) is 0 Å². The SMILES string of the molecule is CC(C)OC(=O)Nc1ccncc1[N+](=O)[O-]. The van der Waals surface area contributed by atoms with Crippen LogP contribution < -0.4 is 5.32 Å². The highest BCUT2D eigenvalue weighted by molar-refractivity contribution is 5.87. The van der Waals surface area contributed by atoms with E-state index in [1.165, 1.54) is 12.3 Å². The van der Waals surface area contributed by atoms with Gasteiger partial charge in [-0.3, -0.25) is 20.4 Å². The zero-order valence-electron chi connectivity index (χ0n) is 8.84. The number of anilines is 1. The zero-order valence-corrected chi connectivity index (χ0v) is 8.84. The highest BCUT2D eigenvalue weighted by Gasteiger charge is 2.16. The van der Waals surface area contributed by atoms with E-state index in [0.717, 1.165) is 6.20 Å². The molecule has 0 aliphatic carbocycles. The van der Waals surface area contributed by atoms with Gasteiger partial charge >= 0.3 is 11.8 Å². The number of aromatic nitrogens is 1. The van der Waals surface area contributed by atoms with E-state index < -0.39 is 11.0 Å². The van der Waals surface area contributed by atoms with Gasteiger partial charge < -0.3 is 4.74 Å². The average Bonchev–Trinajstić information content (AvgIpc) is 2.16. The van der Waals surface area contributed by atoms with E-state index in [4.69, 9.17) is 4.74 Å². The van der Waals surface area contributed by atoms with Gasteiger partial charge in [0.25, 0.3) is 0 Å². The lowest BCUT2D eigenvalue weighted by Crippen LogP contribution is -2.18. The minimum Gasteiger partial charge on any atom is -0.447 e. The summed E-state index contributed by atoms with van der Waals surface area (Å²) in [4.78, 5) is 24.8. The van der Waals surface area contributed by atoms with Gasteiger partial charge in [0.2, 0.25) is 0 Å². The molecule has 0 aliphatic rings. The van der Waals surface area contributed by atoms with Gasteiger partial charge in [0.15, 0.2) is 0 Å². The summed E-state index contributed by atoms with van der Waals surface area (Å²) in [5.41, 5.74) is -0.214. The molecular weight excluding hydrogens is 214 g/mol. The van der Waals surface area contributed by atoms with E-state index in [1.54, 1.807) is 13.8 Å². The molecule has 0 radical (unpaired) electrons. The third-order valence-corrected chi connectivity index (χ3v) is 1.58. The van der Waals surface area contributed by atoms with Crippen molar-refractivity contribution in [1.82, 2.24) is 4.98 Å². The fourth-order valence-corrected chi connectivity index (χ4v) is 0.991. The first-order valence-electron chi connectivity index (χ1n) is 4.56. The summed E-state index contributed by atoms with van der Waals surface area (Å²) in [6.07, 6.45) is 1.38. The van der Waals surface area contributed by atoms with Crippen LogP contribution in [0.25, 0.3) is 0 Å². The van der Waals surface area contributed by atoms with Crippen molar-refractivity contribution in [2.45, 2.75) is 20.0 Å². The second kappa shape index (κ2) is 5.06. The van der Waals surface area contributed by atoms with E-state index in [2.05, 4.69) is 10.3 Å². The van der Waals surface area contributed by atoms with Crippen LogP contribution >= 0.6 is 0 Å². The molecule has 0 saturated heterocycles. The third kappa shape index (κ3) is 3.19. The Hall–Kier alpha value is -2.18. The third-order valence-electron chi connectivity index (χ3n) is 1.58. The van der Waals surface area contributed by atoms with Crippen molar-refractivity contribution in [3.63, 3.8) is 0 Å². The highest BCUT2D eigenvalue weighted by Crippen LogP contribution is 2.21. The van der Waals surface area contributed by atoms with Crippen LogP contribution in [0.4, 0.5) is 16.2 Å². The Morgan fingerprint density at radius 2 is 2.31 bits per heavy atom. The van der Waals surface area contributed by atoms with Gasteiger partial charge in [-0.15, -0.1) is 0 Å². The van der Waals surface area contributed by atoms with Crippen molar-refractivity contribution >= 4 is 17.5 Å². The lowest BCUT2D eigenvalue weighted by molar-refractivity contribution is -0.384. The molecule has 7 heteroatoms. The topological polar surface area (TPSA) is 94.4 Å². The van der Waals surface area contributed by atoms with Gasteiger partial charge in [0, 0.05) is 6.20 Å². The number of nitro groups is 1. The number of carbonyl (C=O) groups excluding carboxylic acids is 1. The Balaban J connectivity index is 2.81. The predicted octanol–water partition coefficient (Wildman–Crippen LogP) is 1.95. The van der Waals surface area contributed by atoms with Gasteiger partial charge in [-0.25, -0.2) is 4.79 Å². The van der Waals surface area contributed by atoms with Crippen LogP contribution in [-0.4, -0.2) is 22.1 Å². The fraction of sp³-hybridized carbons (Fsp3) is 0.333. The van der Waals surface area contributed by atoms with E-state index >= 15 is 0 Å². The number of ether oxygens (including phenoxy) is 1. The Morgan fingerprint density at radius 1 is 1.62 bits per heavy atom. The number of nitrogens with one attached hydrogen (secondary N) is 1. The molecule has 0 unspecified atom stereocenters. The normalized spacial score (nSPS) is 9.94. The highest BCUT2D eigenvalue weighted by atomic mass is 16.6. The summed E-state index contributed by atoms with van der Waals surface area (Å²) >= 11 is 0. The number of amides is 1. The summed E-state index contributed by atoms with van der Waals surface area (Å²) in [5.74, 6) is 0. The van der Waals surface area contributed by atoms with E-state index in [0.29, 0.717) is 0 Å². The van der Waals surface area contributed by atoms with Gasteiger partial charge in [0.05, 0.1) is 11.0 Å². The van der Waals surface area contributed by atoms with Gasteiger partial charge in [0.1, 0.15) is 11.9 Å². The van der Waals surface area contributed by atoms with Crippen LogP contribution in [0.2, 0.25) is 0 Å². The lowest BCUT2D eigenvalue weighted by Gasteiger charge is -2.09. The molecule has 0 fully saturated rings. The first kappa shape index (κ1) is 11.9. The van der Waals surface area contributed by atoms with Crippen LogP contribution in [0.15, 0.2) is 18.5 Å². The Labute approximate surface area is 91.6 Å². The summed E-state index contributed by atoms with van der Waals surface area (Å²) in [7, 11) is 0. The lowest BCUT2D eigenvalue weighted by atomic mass is 10.3. The minimum absolute atomic E-state index is 0.0608. The first-order valence-corrected chi connectivity index (χ1v) is 4.56. The smallest absolute Gasteiger partial charge is 0.412 e. The quantitative estimate of drug-likeness (QED) is 0.626. The number of hydrogen-bond donors (Lipinski definition) is 1. The maximum Gasteiger partial charge on any atom is 0.412 e. The Bertz CT molecular complexity index is 405. The van der Waals surface area contributed by atoms with Crippen molar-refractivity contribution in [3.05, 3.63) is 28.6 Å². The van der Waals surface area contributed by atoms with Gasteiger partial charge in [-0.2, -0.15) is 0 Å². The maximum absolute atomic E-state index is 11.2. The van der Waals surface area contributed by atoms with Crippen molar-refractivity contribution in [3.8, 4) is 0 Å². The fourth-order valence-electron chi connectivity index (χ4n) is 0.991. The number of nitrogens with zero attached hydrogens (tertiary/aromatic N) is 2. The molecule has 86 valence electrons. The summed E-state index contributed by atoms with van der Waals surface area (Å²) in [6.45, 7) is 3.36. The number of pyridine rings is 1. The second-order valence-corrected chi connectivity index (χ2v) is 3.23. The predicted molar refractivity (Wildman–Crippen MR) is 56.1 cm³/mol. The van der Waals surface area contributed by atoms with Gasteiger partial charge in [-0.05, 0) is 19.9 Å². The molecule has 1 N–H and O–H groups in total. The van der Waals surface area contributed by atoms with Crippen LogP contribution in [0, 0.1) is 10.1 Å². The monoisotopic (exact) mass is 225 g/mol. The van der Waals surface area contributed by atoms with E-state index in [1.807, 2.05) is 0 Å². The molecule has 0 aromatic carbocycles. The summed E-state index contributed by atoms with van der Waals surface area (Å²) in [5, 5.41) is 12.9. The van der Waals surface area contributed by atoms with Crippen LogP contribution in [-0.2, 0) is 4.74 Å². The molecule has 1 amide bonds. The van der Waals surface area contributed by atoms with Crippen LogP contribution in [0.3, 0.4) is 0 Å². The zero-order chi connectivity index (χ0) is 12.1. The Kier molecular flexibility index (Phi) is 3.76. The molecule has 1 heterocycles. The first-order chi connectivity index (χ1) is 7.50. The number of carbonyl (C=O) groups is 1. The average molecular weight is 225 g/mol. The molecule has 7 nitrogen and oxygen atoms in total. The molecule has 1 rings (SSSR count). The van der Waals surface area contributed by atoms with Crippen LogP contribution in [0.1, 0.15) is 13.8 Å². The molecule has 16 heavy (non-hydrogen) atoms. The largest absolute Gasteiger partial charge is 0.447 e. The van der Waals surface area contributed by atoms with E-state index in [9.17, 15) is 14.9 Å². The van der Waals surface area contributed by atoms with Gasteiger partial charge in [-0.1, -0.05) is 0 Å². The molecule has 0 bridgehead atoms. The summed E-state index contributed by atoms with van der Waals surface area (Å²) in [6, 6.07) is 1.33. The molecule has 0 spiro atoms. The maximum atomic E-state index is 11.2. The molecule has 0 saturated carbocycles. The molecule has 1 aromatic rings. The minimum atomic E-state index is -0.732. The van der Waals surface area contributed by atoms with Crippen molar-refractivity contribution < 1.29 is 14.5 Å². The second-order valence-electron chi connectivity index (χ2n) is 3.23. The van der Waals surface area contributed by atoms with Crippen LogP contribution in [0.5, 0.6) is 0 Å².